The summed E-state index contributed by atoms with van der Waals surface area (Å²) in [5.74, 6) is 1.32. The maximum absolute atomic E-state index is 10.8. The lowest BCUT2D eigenvalue weighted by molar-refractivity contribution is 0.00548. The lowest BCUT2D eigenvalue weighted by Gasteiger charge is -2.31. The highest BCUT2D eigenvalue weighted by Gasteiger charge is 2.24. The Hall–Kier alpha value is -1.59. The van der Waals surface area contributed by atoms with Crippen LogP contribution in [0.25, 0.3) is 0 Å². The standard InChI is InChI=1S/C20H24ClNO3/c1-20(23,10-11-22-12-14-24-15-13-22)16-6-8-17(9-7-16)25-19-5-3-2-4-18(19)21/h2-9,23H,10-15H2,1H3. The molecule has 134 valence electrons. The van der Waals surface area contributed by atoms with Crippen LogP contribution in [-0.4, -0.2) is 42.9 Å². The lowest BCUT2D eigenvalue weighted by Crippen LogP contribution is -2.39. The van der Waals surface area contributed by atoms with E-state index in [4.69, 9.17) is 21.1 Å². The van der Waals surface area contributed by atoms with E-state index in [-0.39, 0.29) is 0 Å². The first-order chi connectivity index (χ1) is 12.0. The van der Waals surface area contributed by atoms with Crippen molar-refractivity contribution in [1.29, 1.82) is 0 Å². The fourth-order valence-electron chi connectivity index (χ4n) is 2.88. The number of nitrogens with zero attached hydrogens (tertiary/aromatic N) is 1. The van der Waals surface area contributed by atoms with E-state index in [9.17, 15) is 5.11 Å². The van der Waals surface area contributed by atoms with Gasteiger partial charge in [-0.05, 0) is 43.2 Å². The molecule has 0 aliphatic carbocycles. The molecule has 0 spiro atoms. The van der Waals surface area contributed by atoms with Gasteiger partial charge in [-0.2, -0.15) is 0 Å². The molecule has 0 amide bonds. The first kappa shape index (κ1) is 18.2. The van der Waals surface area contributed by atoms with E-state index in [0.717, 1.165) is 38.4 Å². The Bertz CT molecular complexity index is 682. The molecule has 1 fully saturated rings. The summed E-state index contributed by atoms with van der Waals surface area (Å²) in [6.45, 7) is 6.12. The number of benzene rings is 2. The van der Waals surface area contributed by atoms with Crippen LogP contribution in [0.5, 0.6) is 11.5 Å². The second-order valence-electron chi connectivity index (χ2n) is 6.53. The van der Waals surface area contributed by atoms with Gasteiger partial charge in [0, 0.05) is 19.6 Å². The first-order valence-corrected chi connectivity index (χ1v) is 8.98. The summed E-state index contributed by atoms with van der Waals surface area (Å²) in [6, 6.07) is 14.9. The third-order valence-corrected chi connectivity index (χ3v) is 4.87. The predicted molar refractivity (Wildman–Crippen MR) is 99.4 cm³/mol. The number of halogens is 1. The number of morpholine rings is 1. The molecule has 0 bridgehead atoms. The van der Waals surface area contributed by atoms with Gasteiger partial charge in [-0.3, -0.25) is 4.90 Å². The Morgan fingerprint density at radius 3 is 2.48 bits per heavy atom. The Labute approximate surface area is 153 Å². The summed E-state index contributed by atoms with van der Waals surface area (Å²) in [5, 5.41) is 11.4. The monoisotopic (exact) mass is 361 g/mol. The van der Waals surface area contributed by atoms with Crippen molar-refractivity contribution in [3.05, 3.63) is 59.1 Å². The second kappa shape index (κ2) is 8.19. The molecule has 1 aliphatic rings. The van der Waals surface area contributed by atoms with E-state index >= 15 is 0 Å². The number of rotatable bonds is 6. The second-order valence-corrected chi connectivity index (χ2v) is 6.94. The molecular weight excluding hydrogens is 338 g/mol. The molecular formula is C20H24ClNO3. The number of aliphatic hydroxyl groups is 1. The predicted octanol–water partition coefficient (Wildman–Crippen LogP) is 4.06. The molecule has 2 aromatic rings. The smallest absolute Gasteiger partial charge is 0.146 e. The van der Waals surface area contributed by atoms with Crippen LogP contribution < -0.4 is 4.74 Å². The molecule has 3 rings (SSSR count). The number of para-hydroxylation sites is 1. The fraction of sp³-hybridized carbons (Fsp3) is 0.400. The van der Waals surface area contributed by atoms with Gasteiger partial charge in [-0.15, -0.1) is 0 Å². The zero-order valence-corrected chi connectivity index (χ0v) is 15.2. The average molecular weight is 362 g/mol. The summed E-state index contributed by atoms with van der Waals surface area (Å²) in [6.07, 6.45) is 0.678. The molecule has 0 aromatic heterocycles. The van der Waals surface area contributed by atoms with Crippen molar-refractivity contribution >= 4 is 11.6 Å². The van der Waals surface area contributed by atoms with Crippen LogP contribution in [0.2, 0.25) is 5.02 Å². The third kappa shape index (κ3) is 4.95. The quantitative estimate of drug-likeness (QED) is 0.842. The molecule has 25 heavy (non-hydrogen) atoms. The molecule has 0 saturated carbocycles. The lowest BCUT2D eigenvalue weighted by atomic mass is 9.92. The minimum absolute atomic E-state index is 0.573. The Kier molecular flexibility index (Phi) is 5.97. The molecule has 5 heteroatoms. The average Bonchev–Trinajstić information content (AvgIpc) is 2.63. The van der Waals surface area contributed by atoms with Crippen molar-refractivity contribution in [2.75, 3.05) is 32.8 Å². The van der Waals surface area contributed by atoms with Gasteiger partial charge in [0.1, 0.15) is 11.5 Å². The summed E-state index contributed by atoms with van der Waals surface area (Å²) < 4.78 is 11.2. The van der Waals surface area contributed by atoms with Crippen LogP contribution in [0.1, 0.15) is 18.9 Å². The molecule has 1 atom stereocenters. The van der Waals surface area contributed by atoms with Gasteiger partial charge in [-0.1, -0.05) is 35.9 Å². The minimum Gasteiger partial charge on any atom is -0.456 e. The molecule has 4 nitrogen and oxygen atoms in total. The molecule has 1 aliphatic heterocycles. The topological polar surface area (TPSA) is 41.9 Å². The largest absolute Gasteiger partial charge is 0.456 e. The highest BCUT2D eigenvalue weighted by Crippen LogP contribution is 2.31. The molecule has 0 radical (unpaired) electrons. The van der Waals surface area contributed by atoms with Crippen molar-refractivity contribution in [3.63, 3.8) is 0 Å². The van der Waals surface area contributed by atoms with Crippen LogP contribution in [0.3, 0.4) is 0 Å². The van der Waals surface area contributed by atoms with Crippen molar-refractivity contribution < 1.29 is 14.6 Å². The maximum atomic E-state index is 10.8. The van der Waals surface area contributed by atoms with Crippen molar-refractivity contribution in [2.45, 2.75) is 18.9 Å². The van der Waals surface area contributed by atoms with E-state index in [2.05, 4.69) is 4.90 Å². The zero-order chi connectivity index (χ0) is 17.7. The molecule has 1 N–H and O–H groups in total. The fourth-order valence-corrected chi connectivity index (χ4v) is 3.06. The van der Waals surface area contributed by atoms with Gasteiger partial charge in [0.25, 0.3) is 0 Å². The summed E-state index contributed by atoms with van der Waals surface area (Å²) in [7, 11) is 0. The van der Waals surface area contributed by atoms with E-state index < -0.39 is 5.60 Å². The number of hydrogen-bond donors (Lipinski definition) is 1. The Balaban J connectivity index is 1.61. The van der Waals surface area contributed by atoms with Gasteiger partial charge >= 0.3 is 0 Å². The van der Waals surface area contributed by atoms with Gasteiger partial charge in [0.2, 0.25) is 0 Å². The summed E-state index contributed by atoms with van der Waals surface area (Å²) in [5.41, 5.74) is 0.00795. The molecule has 1 saturated heterocycles. The van der Waals surface area contributed by atoms with Crippen LogP contribution >= 0.6 is 11.6 Å². The van der Waals surface area contributed by atoms with Crippen molar-refractivity contribution in [1.82, 2.24) is 4.90 Å². The van der Waals surface area contributed by atoms with E-state index in [1.54, 1.807) is 6.07 Å². The SMILES string of the molecule is CC(O)(CCN1CCOCC1)c1ccc(Oc2ccccc2Cl)cc1. The zero-order valence-electron chi connectivity index (χ0n) is 14.5. The van der Waals surface area contributed by atoms with Crippen molar-refractivity contribution in [2.24, 2.45) is 0 Å². The molecule has 1 unspecified atom stereocenters. The van der Waals surface area contributed by atoms with Crippen LogP contribution in [0, 0.1) is 0 Å². The molecule has 2 aromatic carbocycles. The van der Waals surface area contributed by atoms with Gasteiger partial charge < -0.3 is 14.6 Å². The normalized spacial score (nSPS) is 17.9. The third-order valence-electron chi connectivity index (χ3n) is 4.56. The van der Waals surface area contributed by atoms with Gasteiger partial charge in [-0.25, -0.2) is 0 Å². The first-order valence-electron chi connectivity index (χ1n) is 8.60. The minimum atomic E-state index is -0.874. The van der Waals surface area contributed by atoms with Gasteiger partial charge in [0.15, 0.2) is 0 Å². The molecule has 1 heterocycles. The maximum Gasteiger partial charge on any atom is 0.146 e. The summed E-state index contributed by atoms with van der Waals surface area (Å²) >= 11 is 6.11. The Morgan fingerprint density at radius 1 is 1.12 bits per heavy atom. The van der Waals surface area contributed by atoms with E-state index in [1.165, 1.54) is 0 Å². The van der Waals surface area contributed by atoms with E-state index in [1.807, 2.05) is 49.4 Å². The number of ether oxygens (including phenoxy) is 2. The van der Waals surface area contributed by atoms with Crippen molar-refractivity contribution in [3.8, 4) is 11.5 Å². The van der Waals surface area contributed by atoms with Gasteiger partial charge in [0.05, 0.1) is 23.8 Å². The van der Waals surface area contributed by atoms with Crippen LogP contribution in [0.4, 0.5) is 0 Å². The summed E-state index contributed by atoms with van der Waals surface area (Å²) in [4.78, 5) is 2.33. The van der Waals surface area contributed by atoms with Crippen LogP contribution in [-0.2, 0) is 10.3 Å². The highest BCUT2D eigenvalue weighted by molar-refractivity contribution is 6.32. The Morgan fingerprint density at radius 2 is 1.80 bits per heavy atom. The van der Waals surface area contributed by atoms with Crippen LogP contribution in [0.15, 0.2) is 48.5 Å². The number of hydrogen-bond acceptors (Lipinski definition) is 4. The highest BCUT2D eigenvalue weighted by atomic mass is 35.5. The van der Waals surface area contributed by atoms with E-state index in [0.29, 0.717) is 22.9 Å².